The van der Waals surface area contributed by atoms with Crippen LogP contribution in [0.1, 0.15) is 25.0 Å². The number of fused-ring (bicyclic) bond motifs is 7. The van der Waals surface area contributed by atoms with E-state index in [1.54, 1.807) is 0 Å². The number of rotatable bonds is 4. The van der Waals surface area contributed by atoms with Crippen LogP contribution in [-0.4, -0.2) is 0 Å². The summed E-state index contributed by atoms with van der Waals surface area (Å²) in [6, 6.07) is 51.1. The molecule has 0 unspecified atom stereocenters. The van der Waals surface area contributed by atoms with Gasteiger partial charge in [0.05, 0.1) is 5.69 Å². The van der Waals surface area contributed by atoms with Gasteiger partial charge in [0.2, 0.25) is 0 Å². The molecule has 44 heavy (non-hydrogen) atoms. The largest absolute Gasteiger partial charge is 0.310 e. The monoisotopic (exact) mass is 599 g/mol. The van der Waals surface area contributed by atoms with Crippen LogP contribution in [0.3, 0.4) is 0 Å². The molecule has 8 aromatic rings. The average Bonchev–Trinajstić information content (AvgIpc) is 3.73. The van der Waals surface area contributed by atoms with Crippen LogP contribution >= 0.6 is 22.7 Å². The van der Waals surface area contributed by atoms with E-state index in [9.17, 15) is 0 Å². The van der Waals surface area contributed by atoms with Crippen molar-refractivity contribution in [2.24, 2.45) is 0 Å². The highest BCUT2D eigenvalue weighted by Gasteiger charge is 2.40. The van der Waals surface area contributed by atoms with E-state index >= 15 is 0 Å². The van der Waals surface area contributed by atoms with Crippen LogP contribution in [0.25, 0.3) is 51.8 Å². The first kappa shape index (κ1) is 25.8. The van der Waals surface area contributed by atoms with Crippen molar-refractivity contribution < 1.29 is 0 Å². The summed E-state index contributed by atoms with van der Waals surface area (Å²) in [6.07, 6.45) is 0. The van der Waals surface area contributed by atoms with Gasteiger partial charge in [-0.15, -0.1) is 22.7 Å². The summed E-state index contributed by atoms with van der Waals surface area (Å²) in [6.45, 7) is 4.78. The molecule has 0 aliphatic heterocycles. The van der Waals surface area contributed by atoms with Gasteiger partial charge in [0.1, 0.15) is 0 Å². The van der Waals surface area contributed by atoms with Gasteiger partial charge in [-0.2, -0.15) is 0 Å². The van der Waals surface area contributed by atoms with Crippen molar-refractivity contribution in [3.05, 3.63) is 151 Å². The Morgan fingerprint density at radius 1 is 0.523 bits per heavy atom. The summed E-state index contributed by atoms with van der Waals surface area (Å²) < 4.78 is 1.39. The van der Waals surface area contributed by atoms with Gasteiger partial charge in [0, 0.05) is 41.5 Å². The number of nitrogens with zero attached hydrogens (tertiary/aromatic N) is 1. The molecule has 0 atom stereocenters. The van der Waals surface area contributed by atoms with Gasteiger partial charge in [-0.3, -0.25) is 0 Å². The number of benzene rings is 6. The Morgan fingerprint density at radius 2 is 1.20 bits per heavy atom. The van der Waals surface area contributed by atoms with Gasteiger partial charge in [-0.05, 0) is 80.7 Å². The maximum Gasteiger partial charge on any atom is 0.0540 e. The van der Waals surface area contributed by atoms with Gasteiger partial charge in [0.15, 0.2) is 0 Å². The van der Waals surface area contributed by atoms with Crippen molar-refractivity contribution in [2.75, 3.05) is 4.90 Å². The number of anilines is 3. The van der Waals surface area contributed by atoms with Gasteiger partial charge >= 0.3 is 0 Å². The normalized spacial score (nSPS) is 13.4. The van der Waals surface area contributed by atoms with E-state index in [1.165, 1.54) is 68.6 Å². The third kappa shape index (κ3) is 3.83. The quantitative estimate of drug-likeness (QED) is 0.194. The second-order valence-electron chi connectivity index (χ2n) is 12.2. The third-order valence-corrected chi connectivity index (χ3v) is 11.8. The van der Waals surface area contributed by atoms with Crippen molar-refractivity contribution in [3.63, 3.8) is 0 Å². The summed E-state index contributed by atoms with van der Waals surface area (Å²) in [5, 5.41) is 6.38. The lowest BCUT2D eigenvalue weighted by atomic mass is 9.82. The first-order chi connectivity index (χ1) is 21.6. The molecule has 1 nitrogen and oxygen atoms in total. The zero-order valence-electron chi connectivity index (χ0n) is 24.5. The van der Waals surface area contributed by atoms with E-state index in [0.717, 1.165) is 11.4 Å². The molecule has 0 saturated carbocycles. The summed E-state index contributed by atoms with van der Waals surface area (Å²) in [4.78, 5) is 6.64. The van der Waals surface area contributed by atoms with E-state index in [-0.39, 0.29) is 5.41 Å². The van der Waals surface area contributed by atoms with E-state index in [4.69, 9.17) is 0 Å². The fourth-order valence-electron chi connectivity index (χ4n) is 7.05. The minimum atomic E-state index is 0.000207. The molecule has 0 spiro atoms. The zero-order chi connectivity index (χ0) is 29.4. The fraction of sp³-hybridized carbons (Fsp3) is 0.0732. The smallest absolute Gasteiger partial charge is 0.0540 e. The van der Waals surface area contributed by atoms with E-state index < -0.39 is 0 Å². The molecule has 0 bridgehead atoms. The first-order valence-corrected chi connectivity index (χ1v) is 16.7. The maximum absolute atomic E-state index is 2.45. The Hall–Kier alpha value is -4.70. The maximum atomic E-state index is 2.45. The minimum absolute atomic E-state index is 0.000207. The second kappa shape index (κ2) is 9.65. The lowest BCUT2D eigenvalue weighted by Gasteiger charge is -2.27. The second-order valence-corrected chi connectivity index (χ2v) is 14.3. The highest BCUT2D eigenvalue weighted by Crippen LogP contribution is 2.59. The van der Waals surface area contributed by atoms with Crippen LogP contribution in [0, 0.1) is 0 Å². The lowest BCUT2D eigenvalue weighted by molar-refractivity contribution is 0.669. The van der Waals surface area contributed by atoms with E-state index in [2.05, 4.69) is 158 Å². The van der Waals surface area contributed by atoms with E-state index in [1.807, 2.05) is 22.7 Å². The molecule has 0 radical (unpaired) electrons. The average molecular weight is 600 g/mol. The number of hydrogen-bond acceptors (Lipinski definition) is 3. The van der Waals surface area contributed by atoms with Gasteiger partial charge in [-0.25, -0.2) is 0 Å². The van der Waals surface area contributed by atoms with Crippen LogP contribution in [-0.2, 0) is 5.41 Å². The summed E-state index contributed by atoms with van der Waals surface area (Å²) >= 11 is 3.89. The minimum Gasteiger partial charge on any atom is -0.310 e. The van der Waals surface area contributed by atoms with Crippen molar-refractivity contribution in [2.45, 2.75) is 19.3 Å². The third-order valence-electron chi connectivity index (χ3n) is 9.24. The highest BCUT2D eigenvalue weighted by molar-refractivity contribution is 7.27. The highest BCUT2D eigenvalue weighted by atomic mass is 32.1. The van der Waals surface area contributed by atoms with Gasteiger partial charge in [-0.1, -0.05) is 111 Å². The lowest BCUT2D eigenvalue weighted by Crippen LogP contribution is -2.14. The summed E-state index contributed by atoms with van der Waals surface area (Å²) in [5.74, 6) is 0. The first-order valence-electron chi connectivity index (χ1n) is 15.1. The predicted molar refractivity (Wildman–Crippen MR) is 192 cm³/mol. The van der Waals surface area contributed by atoms with Gasteiger partial charge in [0.25, 0.3) is 0 Å². The molecule has 0 saturated heterocycles. The molecular weight excluding hydrogens is 571 g/mol. The fourth-order valence-corrected chi connectivity index (χ4v) is 9.88. The molecular formula is C41H29NS2. The molecule has 2 aromatic heterocycles. The molecule has 0 N–H and O–H groups in total. The van der Waals surface area contributed by atoms with Crippen LogP contribution < -0.4 is 4.90 Å². The van der Waals surface area contributed by atoms with Crippen molar-refractivity contribution in [1.82, 2.24) is 0 Å². The molecule has 3 heteroatoms. The Labute approximate surface area is 265 Å². The van der Waals surface area contributed by atoms with Crippen LogP contribution in [0.4, 0.5) is 17.1 Å². The number of thiophene rings is 2. The predicted octanol–water partition coefficient (Wildman–Crippen LogP) is 12.7. The topological polar surface area (TPSA) is 3.24 Å². The molecule has 2 heterocycles. The molecule has 1 aliphatic carbocycles. The van der Waals surface area contributed by atoms with Crippen molar-refractivity contribution >= 4 is 71.4 Å². The van der Waals surface area contributed by atoms with Crippen LogP contribution in [0.2, 0.25) is 0 Å². The molecule has 0 amide bonds. The molecule has 9 rings (SSSR count). The Morgan fingerprint density at radius 3 is 2.05 bits per heavy atom. The Kier molecular flexibility index (Phi) is 5.65. The van der Waals surface area contributed by atoms with Crippen LogP contribution in [0.15, 0.2) is 140 Å². The number of hydrogen-bond donors (Lipinski definition) is 0. The Balaban J connectivity index is 1.16. The SMILES string of the molecule is CC1(C)c2cc(-c3ccc(N(c4ccc5ccccc5c4)c4cccc5ccccc45)cc3)sc2-c2sc3ccccc3c21. The van der Waals surface area contributed by atoms with Crippen LogP contribution in [0.5, 0.6) is 0 Å². The summed E-state index contributed by atoms with van der Waals surface area (Å²) in [7, 11) is 0. The molecule has 0 fully saturated rings. The van der Waals surface area contributed by atoms with E-state index in [0.29, 0.717) is 0 Å². The Bertz CT molecular complexity index is 2370. The van der Waals surface area contributed by atoms with Crippen molar-refractivity contribution in [1.29, 1.82) is 0 Å². The van der Waals surface area contributed by atoms with Gasteiger partial charge < -0.3 is 4.90 Å². The standard InChI is InChI=1S/C41H29NS2/c1-41(2)34-25-37(44-39(34)40-38(41)33-15-7-8-17-36(33)43-40)28-19-21-30(22-20-28)42(31-23-18-26-10-3-4-12-29(26)24-31)35-16-9-13-27-11-5-6-14-32(27)35/h3-25H,1-2H3. The molecule has 210 valence electrons. The van der Waals surface area contributed by atoms with Crippen molar-refractivity contribution in [3.8, 4) is 20.2 Å². The molecule has 6 aromatic carbocycles. The zero-order valence-corrected chi connectivity index (χ0v) is 26.2. The molecule has 1 aliphatic rings. The summed E-state index contributed by atoms with van der Waals surface area (Å²) in [5.41, 5.74) is 7.71.